The van der Waals surface area contributed by atoms with Crippen molar-refractivity contribution in [3.05, 3.63) is 35.6 Å². The molecule has 1 spiro atoms. The van der Waals surface area contributed by atoms with Crippen molar-refractivity contribution in [2.45, 2.75) is 43.3 Å². The summed E-state index contributed by atoms with van der Waals surface area (Å²) in [6.07, 6.45) is 6.21. The van der Waals surface area contributed by atoms with Crippen LogP contribution in [0.25, 0.3) is 0 Å². The standard InChI is InChI=1S/C17H22FNOS/c18-15-6-3-4-13(11-15)10-14-5-1-2-7-17(14)12-16(20)19-8-9-21-17/h3-4,6,11,14H,1-2,5,7-10,12H2,(H,19,20). The van der Waals surface area contributed by atoms with Gasteiger partial charge in [0.25, 0.3) is 0 Å². The second kappa shape index (κ2) is 6.39. The first kappa shape index (κ1) is 14.9. The molecule has 3 rings (SSSR count). The van der Waals surface area contributed by atoms with Crippen molar-refractivity contribution in [2.75, 3.05) is 12.3 Å². The first-order chi connectivity index (χ1) is 10.2. The molecular formula is C17H22FNOS. The Morgan fingerprint density at radius 3 is 3.14 bits per heavy atom. The number of rotatable bonds is 2. The lowest BCUT2D eigenvalue weighted by molar-refractivity contribution is -0.121. The highest BCUT2D eigenvalue weighted by molar-refractivity contribution is 8.00. The summed E-state index contributed by atoms with van der Waals surface area (Å²) < 4.78 is 13.5. The molecule has 1 saturated heterocycles. The summed E-state index contributed by atoms with van der Waals surface area (Å²) in [5, 5.41) is 2.99. The Kier molecular flexibility index (Phi) is 4.53. The predicted molar refractivity (Wildman–Crippen MR) is 84.9 cm³/mol. The molecule has 2 atom stereocenters. The molecule has 0 radical (unpaired) electrons. The van der Waals surface area contributed by atoms with E-state index in [1.165, 1.54) is 18.9 Å². The highest BCUT2D eigenvalue weighted by Crippen LogP contribution is 2.48. The Bertz CT molecular complexity index is 521. The van der Waals surface area contributed by atoms with Crippen LogP contribution in [0.15, 0.2) is 24.3 Å². The van der Waals surface area contributed by atoms with E-state index in [-0.39, 0.29) is 16.5 Å². The molecule has 0 aromatic heterocycles. The van der Waals surface area contributed by atoms with Gasteiger partial charge in [0.1, 0.15) is 5.82 Å². The summed E-state index contributed by atoms with van der Waals surface area (Å²) in [7, 11) is 0. The van der Waals surface area contributed by atoms with Crippen molar-refractivity contribution in [1.29, 1.82) is 0 Å². The van der Waals surface area contributed by atoms with Crippen molar-refractivity contribution >= 4 is 17.7 Å². The van der Waals surface area contributed by atoms with Crippen molar-refractivity contribution in [3.63, 3.8) is 0 Å². The van der Waals surface area contributed by atoms with Gasteiger partial charge in [-0.3, -0.25) is 4.79 Å². The quantitative estimate of drug-likeness (QED) is 0.905. The smallest absolute Gasteiger partial charge is 0.221 e. The summed E-state index contributed by atoms with van der Waals surface area (Å²) in [5.41, 5.74) is 1.06. The second-order valence-corrected chi connectivity index (χ2v) is 7.73. The molecule has 1 amide bonds. The number of nitrogens with one attached hydrogen (secondary N) is 1. The number of carbonyl (C=O) groups is 1. The zero-order valence-corrected chi connectivity index (χ0v) is 13.1. The summed E-state index contributed by atoms with van der Waals surface area (Å²) in [4.78, 5) is 12.0. The number of hydrogen-bond donors (Lipinski definition) is 1. The Morgan fingerprint density at radius 1 is 1.38 bits per heavy atom. The Hall–Kier alpha value is -1.03. The van der Waals surface area contributed by atoms with E-state index in [4.69, 9.17) is 0 Å². The summed E-state index contributed by atoms with van der Waals surface area (Å²) >= 11 is 1.97. The molecule has 1 aliphatic carbocycles. The first-order valence-corrected chi connectivity index (χ1v) is 8.82. The average Bonchev–Trinajstić information content (AvgIpc) is 2.64. The SMILES string of the molecule is O=C1CC2(CCCCC2Cc2cccc(F)c2)SCCN1. The molecule has 1 heterocycles. The summed E-state index contributed by atoms with van der Waals surface area (Å²) in [5.74, 6) is 1.49. The van der Waals surface area contributed by atoms with Crippen molar-refractivity contribution < 1.29 is 9.18 Å². The largest absolute Gasteiger partial charge is 0.355 e. The van der Waals surface area contributed by atoms with Gasteiger partial charge in [0.2, 0.25) is 5.91 Å². The third kappa shape index (κ3) is 3.42. The van der Waals surface area contributed by atoms with Gasteiger partial charge in [-0.05, 0) is 42.9 Å². The van der Waals surface area contributed by atoms with Crippen LogP contribution in [0.4, 0.5) is 4.39 Å². The molecule has 2 aliphatic rings. The molecular weight excluding hydrogens is 285 g/mol. The van der Waals surface area contributed by atoms with Crippen molar-refractivity contribution in [2.24, 2.45) is 5.92 Å². The minimum atomic E-state index is -0.163. The Labute approximate surface area is 129 Å². The van der Waals surface area contributed by atoms with E-state index in [0.29, 0.717) is 12.3 Å². The van der Waals surface area contributed by atoms with Crippen molar-refractivity contribution in [3.8, 4) is 0 Å². The third-order valence-corrected chi connectivity index (χ3v) is 6.46. The molecule has 2 fully saturated rings. The maximum Gasteiger partial charge on any atom is 0.221 e. The van der Waals surface area contributed by atoms with Gasteiger partial charge in [0.05, 0.1) is 0 Å². The van der Waals surface area contributed by atoms with Gasteiger partial charge in [-0.25, -0.2) is 4.39 Å². The molecule has 0 bridgehead atoms. The van der Waals surface area contributed by atoms with Crippen LogP contribution in [0.5, 0.6) is 0 Å². The van der Waals surface area contributed by atoms with Crippen LogP contribution in [0, 0.1) is 11.7 Å². The van der Waals surface area contributed by atoms with Gasteiger partial charge in [-0.2, -0.15) is 11.8 Å². The lowest BCUT2D eigenvalue weighted by atomic mass is 9.73. The van der Waals surface area contributed by atoms with Crippen LogP contribution >= 0.6 is 11.8 Å². The van der Waals surface area contributed by atoms with E-state index in [2.05, 4.69) is 5.32 Å². The van der Waals surface area contributed by atoms with E-state index in [1.807, 2.05) is 17.8 Å². The van der Waals surface area contributed by atoms with Gasteiger partial charge in [0, 0.05) is 23.5 Å². The number of amides is 1. The Morgan fingerprint density at radius 2 is 2.29 bits per heavy atom. The van der Waals surface area contributed by atoms with E-state index >= 15 is 0 Å². The second-order valence-electron chi connectivity index (χ2n) is 6.22. The third-order valence-electron chi connectivity index (χ3n) is 4.79. The zero-order chi connectivity index (χ0) is 14.7. The molecule has 1 aromatic carbocycles. The van der Waals surface area contributed by atoms with Gasteiger partial charge < -0.3 is 5.32 Å². The monoisotopic (exact) mass is 307 g/mol. The number of thioether (sulfide) groups is 1. The number of hydrogen-bond acceptors (Lipinski definition) is 2. The molecule has 1 N–H and O–H groups in total. The maximum absolute atomic E-state index is 13.4. The molecule has 4 heteroatoms. The predicted octanol–water partition coefficient (Wildman–Crippen LogP) is 3.55. The minimum absolute atomic E-state index is 0.0607. The highest BCUT2D eigenvalue weighted by atomic mass is 32.2. The fourth-order valence-corrected chi connectivity index (χ4v) is 5.34. The van der Waals surface area contributed by atoms with E-state index in [9.17, 15) is 9.18 Å². The number of benzene rings is 1. The van der Waals surface area contributed by atoms with Crippen LogP contribution in [0.2, 0.25) is 0 Å². The average molecular weight is 307 g/mol. The zero-order valence-electron chi connectivity index (χ0n) is 12.2. The number of carbonyl (C=O) groups excluding carboxylic acids is 1. The lowest BCUT2D eigenvalue weighted by Crippen LogP contribution is -2.41. The van der Waals surface area contributed by atoms with E-state index in [1.54, 1.807) is 12.1 Å². The molecule has 2 unspecified atom stereocenters. The summed E-state index contributed by atoms with van der Waals surface area (Å²) in [6.45, 7) is 0.776. The van der Waals surface area contributed by atoms with Crippen molar-refractivity contribution in [1.82, 2.24) is 5.32 Å². The fraction of sp³-hybridized carbons (Fsp3) is 0.588. The van der Waals surface area contributed by atoms with Crippen LogP contribution in [-0.4, -0.2) is 23.0 Å². The topological polar surface area (TPSA) is 29.1 Å². The fourth-order valence-electron chi connectivity index (χ4n) is 3.77. The molecule has 1 saturated carbocycles. The minimum Gasteiger partial charge on any atom is -0.355 e. The van der Waals surface area contributed by atoms with Gasteiger partial charge >= 0.3 is 0 Å². The van der Waals surface area contributed by atoms with Gasteiger partial charge in [0.15, 0.2) is 0 Å². The normalized spacial score (nSPS) is 30.0. The molecule has 21 heavy (non-hydrogen) atoms. The van der Waals surface area contributed by atoms with Gasteiger partial charge in [-0.1, -0.05) is 25.0 Å². The molecule has 114 valence electrons. The van der Waals surface area contributed by atoms with Crippen LogP contribution < -0.4 is 5.32 Å². The number of halogens is 1. The van der Waals surface area contributed by atoms with E-state index < -0.39 is 0 Å². The maximum atomic E-state index is 13.4. The first-order valence-electron chi connectivity index (χ1n) is 7.83. The summed E-state index contributed by atoms with van der Waals surface area (Å²) in [6, 6.07) is 6.93. The molecule has 2 nitrogen and oxygen atoms in total. The van der Waals surface area contributed by atoms with Gasteiger partial charge in [-0.15, -0.1) is 0 Å². The van der Waals surface area contributed by atoms with E-state index in [0.717, 1.165) is 37.1 Å². The molecule has 1 aliphatic heterocycles. The molecule has 1 aromatic rings. The highest BCUT2D eigenvalue weighted by Gasteiger charge is 2.43. The Balaban J connectivity index is 1.81. The lowest BCUT2D eigenvalue weighted by Gasteiger charge is -2.43. The van der Waals surface area contributed by atoms with Crippen LogP contribution in [0.1, 0.15) is 37.7 Å². The van der Waals surface area contributed by atoms with Crippen LogP contribution in [-0.2, 0) is 11.2 Å². The van der Waals surface area contributed by atoms with Crippen LogP contribution in [0.3, 0.4) is 0 Å².